The fourth-order valence-corrected chi connectivity index (χ4v) is 1.25. The van der Waals surface area contributed by atoms with Crippen molar-refractivity contribution in [2.75, 3.05) is 20.7 Å². The van der Waals surface area contributed by atoms with Gasteiger partial charge < -0.3 is 15.4 Å². The number of hydrogen-bond acceptors (Lipinski definition) is 3. The zero-order chi connectivity index (χ0) is 11.3. The molecule has 16 heavy (non-hydrogen) atoms. The molecule has 0 radical (unpaired) electrons. The molecular weight excluding hydrogens is 228 g/mol. The first kappa shape index (κ1) is 14.7. The van der Waals surface area contributed by atoms with Crippen molar-refractivity contribution in [3.63, 3.8) is 0 Å². The monoisotopic (exact) mass is 244 g/mol. The minimum absolute atomic E-state index is 0. The number of carbonyl (C=O) groups excluding carboxylic acids is 1. The SMILES string of the molecule is COc1ccc(CN(C)C(=O)CN)cc1.Cl. The van der Waals surface area contributed by atoms with Crippen LogP contribution >= 0.6 is 12.4 Å². The molecule has 90 valence electrons. The molecule has 0 aliphatic heterocycles. The van der Waals surface area contributed by atoms with Gasteiger partial charge in [-0.15, -0.1) is 12.4 Å². The Morgan fingerprint density at radius 3 is 2.38 bits per heavy atom. The largest absolute Gasteiger partial charge is 0.497 e. The van der Waals surface area contributed by atoms with E-state index in [4.69, 9.17) is 10.5 Å². The number of nitrogens with zero attached hydrogens (tertiary/aromatic N) is 1. The first-order chi connectivity index (χ1) is 7.17. The number of halogens is 1. The molecule has 1 aromatic rings. The topological polar surface area (TPSA) is 55.6 Å². The van der Waals surface area contributed by atoms with Gasteiger partial charge in [0.25, 0.3) is 0 Å². The Morgan fingerprint density at radius 1 is 1.38 bits per heavy atom. The molecule has 0 heterocycles. The Morgan fingerprint density at radius 2 is 1.94 bits per heavy atom. The quantitative estimate of drug-likeness (QED) is 0.861. The summed E-state index contributed by atoms with van der Waals surface area (Å²) in [5, 5.41) is 0. The van der Waals surface area contributed by atoms with Crippen LogP contribution in [-0.2, 0) is 11.3 Å². The van der Waals surface area contributed by atoms with E-state index in [0.717, 1.165) is 11.3 Å². The number of carbonyl (C=O) groups is 1. The number of amides is 1. The minimum Gasteiger partial charge on any atom is -0.497 e. The normalized spacial score (nSPS) is 9.19. The van der Waals surface area contributed by atoms with Gasteiger partial charge in [-0.1, -0.05) is 12.1 Å². The van der Waals surface area contributed by atoms with Gasteiger partial charge in [0.1, 0.15) is 5.75 Å². The van der Waals surface area contributed by atoms with Crippen molar-refractivity contribution in [2.45, 2.75) is 6.54 Å². The van der Waals surface area contributed by atoms with Gasteiger partial charge in [0.05, 0.1) is 13.7 Å². The molecule has 0 aliphatic carbocycles. The second-order valence-corrected chi connectivity index (χ2v) is 3.30. The molecule has 0 bridgehead atoms. The molecule has 1 aromatic carbocycles. The molecule has 0 spiro atoms. The average Bonchev–Trinajstić information content (AvgIpc) is 2.29. The highest BCUT2D eigenvalue weighted by atomic mass is 35.5. The Labute approximate surface area is 102 Å². The molecule has 0 unspecified atom stereocenters. The molecule has 0 atom stereocenters. The van der Waals surface area contributed by atoms with Crippen LogP contribution in [0.3, 0.4) is 0 Å². The standard InChI is InChI=1S/C11H16N2O2.ClH/c1-13(11(14)7-12)8-9-3-5-10(15-2)6-4-9;/h3-6H,7-8,12H2,1-2H3;1H. The van der Waals surface area contributed by atoms with Crippen LogP contribution in [0.2, 0.25) is 0 Å². The summed E-state index contributed by atoms with van der Waals surface area (Å²) in [6.07, 6.45) is 0. The third-order valence-corrected chi connectivity index (χ3v) is 2.18. The van der Waals surface area contributed by atoms with E-state index in [2.05, 4.69) is 0 Å². The predicted molar refractivity (Wildman–Crippen MR) is 65.8 cm³/mol. The molecule has 5 heteroatoms. The van der Waals surface area contributed by atoms with Crippen LogP contribution in [-0.4, -0.2) is 31.5 Å². The highest BCUT2D eigenvalue weighted by Gasteiger charge is 2.06. The van der Waals surface area contributed by atoms with E-state index in [1.54, 1.807) is 19.1 Å². The van der Waals surface area contributed by atoms with E-state index in [-0.39, 0.29) is 24.9 Å². The van der Waals surface area contributed by atoms with Gasteiger partial charge in [0, 0.05) is 13.6 Å². The lowest BCUT2D eigenvalue weighted by Gasteiger charge is -2.16. The molecule has 0 fully saturated rings. The molecule has 0 aliphatic rings. The highest BCUT2D eigenvalue weighted by Crippen LogP contribution is 2.12. The summed E-state index contributed by atoms with van der Waals surface area (Å²) < 4.78 is 5.04. The lowest BCUT2D eigenvalue weighted by Crippen LogP contribution is -2.32. The van der Waals surface area contributed by atoms with E-state index < -0.39 is 0 Å². The van der Waals surface area contributed by atoms with Gasteiger partial charge in [-0.05, 0) is 17.7 Å². The van der Waals surface area contributed by atoms with Crippen molar-refractivity contribution >= 4 is 18.3 Å². The first-order valence-electron chi connectivity index (χ1n) is 4.74. The van der Waals surface area contributed by atoms with Crippen LogP contribution in [0.4, 0.5) is 0 Å². The van der Waals surface area contributed by atoms with Crippen molar-refractivity contribution in [3.05, 3.63) is 29.8 Å². The summed E-state index contributed by atoms with van der Waals surface area (Å²) >= 11 is 0. The van der Waals surface area contributed by atoms with Gasteiger partial charge in [0.15, 0.2) is 0 Å². The van der Waals surface area contributed by atoms with Crippen LogP contribution in [0, 0.1) is 0 Å². The fraction of sp³-hybridized carbons (Fsp3) is 0.364. The first-order valence-corrected chi connectivity index (χ1v) is 4.74. The smallest absolute Gasteiger partial charge is 0.236 e. The second kappa shape index (κ2) is 7.09. The van der Waals surface area contributed by atoms with Crippen LogP contribution in [0.1, 0.15) is 5.56 Å². The van der Waals surface area contributed by atoms with Gasteiger partial charge >= 0.3 is 0 Å². The average molecular weight is 245 g/mol. The zero-order valence-electron chi connectivity index (χ0n) is 9.47. The number of hydrogen-bond donors (Lipinski definition) is 1. The summed E-state index contributed by atoms with van der Waals surface area (Å²) in [5.41, 5.74) is 6.32. The maximum Gasteiger partial charge on any atom is 0.236 e. The summed E-state index contributed by atoms with van der Waals surface area (Å²) in [6.45, 7) is 0.618. The van der Waals surface area contributed by atoms with E-state index in [1.165, 1.54) is 0 Å². The van der Waals surface area contributed by atoms with Crippen molar-refractivity contribution in [1.29, 1.82) is 0 Å². The fourth-order valence-electron chi connectivity index (χ4n) is 1.25. The van der Waals surface area contributed by atoms with E-state index in [9.17, 15) is 4.79 Å². The summed E-state index contributed by atoms with van der Waals surface area (Å²) in [6, 6.07) is 7.60. The number of nitrogens with two attached hydrogens (primary N) is 1. The maximum absolute atomic E-state index is 11.2. The molecule has 0 aromatic heterocycles. The van der Waals surface area contributed by atoms with Crippen molar-refractivity contribution in [3.8, 4) is 5.75 Å². The van der Waals surface area contributed by atoms with Crippen LogP contribution in [0.5, 0.6) is 5.75 Å². The third kappa shape index (κ3) is 4.08. The number of likely N-dealkylation sites (N-methyl/N-ethyl adjacent to an activating group) is 1. The molecule has 2 N–H and O–H groups in total. The Balaban J connectivity index is 0.00000225. The Hall–Kier alpha value is -1.26. The summed E-state index contributed by atoms with van der Waals surface area (Å²) in [4.78, 5) is 12.8. The molecule has 1 amide bonds. The van der Waals surface area contributed by atoms with Crippen LogP contribution in [0.25, 0.3) is 0 Å². The number of methoxy groups -OCH3 is 1. The molecule has 0 saturated carbocycles. The van der Waals surface area contributed by atoms with E-state index >= 15 is 0 Å². The highest BCUT2D eigenvalue weighted by molar-refractivity contribution is 5.85. The Kier molecular flexibility index (Phi) is 6.53. The van der Waals surface area contributed by atoms with Gasteiger partial charge in [-0.2, -0.15) is 0 Å². The van der Waals surface area contributed by atoms with Crippen LogP contribution in [0.15, 0.2) is 24.3 Å². The van der Waals surface area contributed by atoms with E-state index in [1.807, 2.05) is 24.3 Å². The lowest BCUT2D eigenvalue weighted by atomic mass is 10.2. The van der Waals surface area contributed by atoms with Crippen molar-refractivity contribution in [1.82, 2.24) is 4.90 Å². The molecule has 4 nitrogen and oxygen atoms in total. The molecule has 0 saturated heterocycles. The van der Waals surface area contributed by atoms with Gasteiger partial charge in [-0.25, -0.2) is 0 Å². The van der Waals surface area contributed by atoms with Crippen molar-refractivity contribution < 1.29 is 9.53 Å². The summed E-state index contributed by atoms with van der Waals surface area (Å²) in [7, 11) is 3.36. The predicted octanol–water partition coefficient (Wildman–Crippen LogP) is 1.03. The number of ether oxygens (including phenoxy) is 1. The number of benzene rings is 1. The minimum atomic E-state index is -0.0641. The third-order valence-electron chi connectivity index (χ3n) is 2.18. The molecule has 1 rings (SSSR count). The maximum atomic E-state index is 11.2. The Bertz CT molecular complexity index is 327. The van der Waals surface area contributed by atoms with Crippen molar-refractivity contribution in [2.24, 2.45) is 5.73 Å². The number of rotatable bonds is 4. The van der Waals surface area contributed by atoms with Gasteiger partial charge in [0.2, 0.25) is 5.91 Å². The lowest BCUT2D eigenvalue weighted by molar-refractivity contribution is -0.128. The second-order valence-electron chi connectivity index (χ2n) is 3.30. The van der Waals surface area contributed by atoms with Crippen LogP contribution < -0.4 is 10.5 Å². The van der Waals surface area contributed by atoms with Gasteiger partial charge in [-0.3, -0.25) is 4.79 Å². The molecular formula is C11H17ClN2O2. The summed E-state index contributed by atoms with van der Waals surface area (Å²) in [5.74, 6) is 0.748. The van der Waals surface area contributed by atoms with E-state index in [0.29, 0.717) is 6.54 Å². The zero-order valence-corrected chi connectivity index (χ0v) is 10.3.